The average molecular weight is 264 g/mol. The van der Waals surface area contributed by atoms with Crippen LogP contribution >= 0.6 is 11.6 Å². The predicted molar refractivity (Wildman–Crippen MR) is 71.5 cm³/mol. The molecular formula is C13H14ClN3O. The Balaban J connectivity index is 2.12. The molecular weight excluding hydrogens is 250 g/mol. The molecule has 1 aliphatic rings. The van der Waals surface area contributed by atoms with Crippen LogP contribution in [0.15, 0.2) is 23.5 Å². The number of nitroso groups, excluding NO2 is 1. The van der Waals surface area contributed by atoms with E-state index >= 15 is 0 Å². The van der Waals surface area contributed by atoms with Crippen LogP contribution in [0.1, 0.15) is 43.7 Å². The molecule has 0 bridgehead atoms. The average Bonchev–Trinajstić information content (AvgIpc) is 2.77. The fourth-order valence-corrected chi connectivity index (χ4v) is 2.92. The van der Waals surface area contributed by atoms with E-state index in [1.165, 1.54) is 19.3 Å². The molecule has 0 saturated heterocycles. The van der Waals surface area contributed by atoms with Gasteiger partial charge in [-0.05, 0) is 24.1 Å². The van der Waals surface area contributed by atoms with Gasteiger partial charge in [-0.2, -0.15) is 0 Å². The van der Waals surface area contributed by atoms with Gasteiger partial charge in [-0.25, -0.2) is 4.98 Å². The third-order valence-corrected chi connectivity index (χ3v) is 3.90. The van der Waals surface area contributed by atoms with Crippen molar-refractivity contribution in [3.63, 3.8) is 0 Å². The van der Waals surface area contributed by atoms with Crippen LogP contribution in [0.4, 0.5) is 5.82 Å². The number of nitrogens with zero attached hydrogens (tertiary/aromatic N) is 3. The van der Waals surface area contributed by atoms with Crippen LogP contribution in [-0.2, 0) is 0 Å². The Bertz CT molecular complexity index is 587. The minimum atomic E-state index is 0.366. The molecule has 0 atom stereocenters. The lowest BCUT2D eigenvalue weighted by atomic mass is 9.87. The summed E-state index contributed by atoms with van der Waals surface area (Å²) in [5.74, 6) is 0.804. The maximum Gasteiger partial charge on any atom is 0.205 e. The molecule has 0 N–H and O–H groups in total. The number of aromatic nitrogens is 2. The number of pyridine rings is 1. The molecule has 0 aliphatic heterocycles. The zero-order valence-electron chi connectivity index (χ0n) is 9.97. The molecule has 3 rings (SSSR count). The summed E-state index contributed by atoms with van der Waals surface area (Å²) < 4.78 is 1.73. The normalized spacial score (nSPS) is 17.2. The van der Waals surface area contributed by atoms with Gasteiger partial charge in [0, 0.05) is 23.2 Å². The standard InChI is InChI=1S/C13H14ClN3O/c14-10-6-7-17-11(8-10)15-12(13(17)16-18)9-4-2-1-3-5-9/h6-9H,1-5H2. The van der Waals surface area contributed by atoms with Gasteiger partial charge >= 0.3 is 0 Å². The van der Waals surface area contributed by atoms with Gasteiger partial charge in [0.15, 0.2) is 0 Å². The van der Waals surface area contributed by atoms with Crippen molar-refractivity contribution in [2.45, 2.75) is 38.0 Å². The van der Waals surface area contributed by atoms with E-state index in [0.29, 0.717) is 22.4 Å². The number of hydrogen-bond acceptors (Lipinski definition) is 3. The van der Waals surface area contributed by atoms with E-state index in [1.54, 1.807) is 22.7 Å². The zero-order chi connectivity index (χ0) is 12.5. The molecule has 1 saturated carbocycles. The molecule has 2 aromatic rings. The second-order valence-electron chi connectivity index (χ2n) is 4.82. The van der Waals surface area contributed by atoms with Gasteiger partial charge < -0.3 is 0 Å². The van der Waals surface area contributed by atoms with Crippen molar-refractivity contribution >= 4 is 23.1 Å². The minimum absolute atomic E-state index is 0.366. The van der Waals surface area contributed by atoms with Crippen molar-refractivity contribution in [2.75, 3.05) is 0 Å². The maximum atomic E-state index is 11.1. The van der Waals surface area contributed by atoms with Crippen molar-refractivity contribution in [1.82, 2.24) is 9.38 Å². The van der Waals surface area contributed by atoms with Crippen molar-refractivity contribution in [2.24, 2.45) is 5.18 Å². The summed E-state index contributed by atoms with van der Waals surface area (Å²) in [5.41, 5.74) is 1.55. The fraction of sp³-hybridized carbons (Fsp3) is 0.462. The van der Waals surface area contributed by atoms with Crippen LogP contribution in [0.5, 0.6) is 0 Å². The van der Waals surface area contributed by atoms with Gasteiger partial charge in [0.05, 0.1) is 5.69 Å². The summed E-state index contributed by atoms with van der Waals surface area (Å²) in [6.07, 6.45) is 7.64. The van der Waals surface area contributed by atoms with Crippen LogP contribution < -0.4 is 0 Å². The van der Waals surface area contributed by atoms with E-state index in [4.69, 9.17) is 11.6 Å². The molecule has 2 heterocycles. The Morgan fingerprint density at radius 1 is 1.33 bits per heavy atom. The Labute approximate surface area is 110 Å². The largest absolute Gasteiger partial charge is 0.281 e. The highest BCUT2D eigenvalue weighted by Crippen LogP contribution is 2.37. The van der Waals surface area contributed by atoms with Gasteiger partial charge in [0.1, 0.15) is 5.65 Å². The molecule has 2 aromatic heterocycles. The van der Waals surface area contributed by atoms with Crippen LogP contribution in [-0.4, -0.2) is 9.38 Å². The monoisotopic (exact) mass is 263 g/mol. The third-order valence-electron chi connectivity index (χ3n) is 3.67. The SMILES string of the molecule is O=Nc1c(C2CCCCC2)nc2cc(Cl)ccn12. The fourth-order valence-electron chi connectivity index (χ4n) is 2.77. The van der Waals surface area contributed by atoms with E-state index in [1.807, 2.05) is 0 Å². The van der Waals surface area contributed by atoms with Crippen molar-refractivity contribution in [3.05, 3.63) is 34.0 Å². The first-order valence-electron chi connectivity index (χ1n) is 6.30. The van der Waals surface area contributed by atoms with E-state index in [2.05, 4.69) is 10.2 Å². The van der Waals surface area contributed by atoms with E-state index in [0.717, 1.165) is 18.5 Å². The first-order chi connectivity index (χ1) is 8.79. The first-order valence-corrected chi connectivity index (χ1v) is 6.68. The topological polar surface area (TPSA) is 46.7 Å². The quantitative estimate of drug-likeness (QED) is 0.752. The molecule has 18 heavy (non-hydrogen) atoms. The number of hydrogen-bond donors (Lipinski definition) is 0. The number of imidazole rings is 1. The lowest BCUT2D eigenvalue weighted by Crippen LogP contribution is -2.05. The predicted octanol–water partition coefficient (Wildman–Crippen LogP) is 4.43. The first kappa shape index (κ1) is 11.7. The molecule has 1 aliphatic carbocycles. The van der Waals surface area contributed by atoms with Gasteiger partial charge in [-0.3, -0.25) is 4.40 Å². The smallest absolute Gasteiger partial charge is 0.205 e. The highest BCUT2D eigenvalue weighted by molar-refractivity contribution is 6.30. The van der Waals surface area contributed by atoms with Crippen molar-refractivity contribution < 1.29 is 0 Å². The molecule has 1 fully saturated rings. The molecule has 0 spiro atoms. The molecule has 5 heteroatoms. The van der Waals surface area contributed by atoms with Gasteiger partial charge in [0.25, 0.3) is 0 Å². The second kappa shape index (κ2) is 4.69. The van der Waals surface area contributed by atoms with Crippen LogP contribution in [0.2, 0.25) is 5.02 Å². The van der Waals surface area contributed by atoms with Gasteiger partial charge in [-0.15, -0.1) is 4.91 Å². The third kappa shape index (κ3) is 1.90. The zero-order valence-corrected chi connectivity index (χ0v) is 10.7. The van der Waals surface area contributed by atoms with Gasteiger partial charge in [0.2, 0.25) is 5.82 Å². The Hall–Kier alpha value is -1.42. The highest BCUT2D eigenvalue weighted by atomic mass is 35.5. The highest BCUT2D eigenvalue weighted by Gasteiger charge is 2.23. The Morgan fingerprint density at radius 2 is 2.11 bits per heavy atom. The Kier molecular flexibility index (Phi) is 3.04. The Morgan fingerprint density at radius 3 is 2.83 bits per heavy atom. The van der Waals surface area contributed by atoms with Crippen molar-refractivity contribution in [1.29, 1.82) is 0 Å². The molecule has 4 nitrogen and oxygen atoms in total. The second-order valence-corrected chi connectivity index (χ2v) is 5.26. The van der Waals surface area contributed by atoms with E-state index in [-0.39, 0.29) is 0 Å². The maximum absolute atomic E-state index is 11.1. The summed E-state index contributed by atoms with van der Waals surface area (Å²) in [6.45, 7) is 0. The summed E-state index contributed by atoms with van der Waals surface area (Å²) in [6, 6.07) is 3.51. The van der Waals surface area contributed by atoms with Crippen LogP contribution in [0, 0.1) is 4.91 Å². The van der Waals surface area contributed by atoms with E-state index in [9.17, 15) is 4.91 Å². The van der Waals surface area contributed by atoms with Crippen LogP contribution in [0.25, 0.3) is 5.65 Å². The lowest BCUT2D eigenvalue weighted by molar-refractivity contribution is 0.438. The molecule has 0 radical (unpaired) electrons. The van der Waals surface area contributed by atoms with Crippen molar-refractivity contribution in [3.8, 4) is 0 Å². The molecule has 94 valence electrons. The van der Waals surface area contributed by atoms with Crippen LogP contribution in [0.3, 0.4) is 0 Å². The van der Waals surface area contributed by atoms with E-state index < -0.39 is 0 Å². The molecule has 0 aromatic carbocycles. The minimum Gasteiger partial charge on any atom is -0.281 e. The summed E-state index contributed by atoms with van der Waals surface area (Å²) >= 11 is 5.95. The summed E-state index contributed by atoms with van der Waals surface area (Å²) in [4.78, 5) is 15.6. The molecule has 0 amide bonds. The van der Waals surface area contributed by atoms with Gasteiger partial charge in [-0.1, -0.05) is 30.9 Å². The number of halogens is 1. The number of fused-ring (bicyclic) bond motifs is 1. The summed E-state index contributed by atoms with van der Waals surface area (Å²) in [7, 11) is 0. The summed E-state index contributed by atoms with van der Waals surface area (Å²) in [5, 5.41) is 3.80. The molecule has 0 unspecified atom stereocenters. The lowest BCUT2D eigenvalue weighted by Gasteiger charge is -2.19. The number of rotatable bonds is 2.